The minimum Gasteiger partial charge on any atom is -0.469 e. The van der Waals surface area contributed by atoms with Crippen molar-refractivity contribution in [3.8, 4) is 0 Å². The molecule has 0 spiro atoms. The Bertz CT molecular complexity index is 196. The fraction of sp³-hybridized carbons (Fsp3) is 0.500. The number of hydrogen-bond donors (Lipinski definition) is 0. The zero-order valence-electron chi connectivity index (χ0n) is 7.56. The van der Waals surface area contributed by atoms with Crippen LogP contribution in [0.1, 0.15) is 0 Å². The van der Waals surface area contributed by atoms with E-state index in [0.717, 1.165) is 0 Å². The summed E-state index contributed by atoms with van der Waals surface area (Å²) in [6, 6.07) is 0. The van der Waals surface area contributed by atoms with Crippen LogP contribution in [-0.4, -0.2) is 31.8 Å². The molecule has 76 valence electrons. The molecule has 0 unspecified atom stereocenters. The summed E-state index contributed by atoms with van der Waals surface area (Å²) < 4.78 is 39.7. The third kappa shape index (κ3) is 6.07. The van der Waals surface area contributed by atoms with Crippen LogP contribution in [0.25, 0.3) is 0 Å². The van der Waals surface area contributed by atoms with Crippen molar-refractivity contribution in [1.29, 1.82) is 0 Å². The number of hydrogen-bond acceptors (Lipinski definition) is 2. The Hall–Kier alpha value is -1.13. The highest BCUT2D eigenvalue weighted by atomic mass is 19.4. The molecule has 0 aliphatic rings. The number of alkyl halides is 3. The molecule has 0 aliphatic carbocycles. The molecule has 2 nitrogen and oxygen atoms in total. The summed E-state index contributed by atoms with van der Waals surface area (Å²) in [5, 5.41) is 0. The minimum atomic E-state index is -4.31. The minimum absolute atomic E-state index is 0.132. The third-order valence-electron chi connectivity index (χ3n) is 1.08. The Kier molecular flexibility index (Phi) is 4.37. The lowest BCUT2D eigenvalue weighted by molar-refractivity contribution is -0.169. The highest BCUT2D eigenvalue weighted by Gasteiger charge is 2.28. The second-order valence-corrected chi connectivity index (χ2v) is 2.54. The Labute approximate surface area is 75.3 Å². The molecule has 5 heteroatoms. The lowest BCUT2D eigenvalue weighted by Crippen LogP contribution is -2.22. The number of nitrogens with zero attached hydrogens (tertiary/aromatic N) is 1. The van der Waals surface area contributed by atoms with Gasteiger partial charge in [-0.15, -0.1) is 0 Å². The van der Waals surface area contributed by atoms with Crippen LogP contribution in [0.5, 0.6) is 0 Å². The van der Waals surface area contributed by atoms with E-state index >= 15 is 0 Å². The van der Waals surface area contributed by atoms with Gasteiger partial charge in [-0.1, -0.05) is 12.7 Å². The van der Waals surface area contributed by atoms with E-state index in [1.807, 2.05) is 0 Å². The van der Waals surface area contributed by atoms with E-state index in [1.54, 1.807) is 14.1 Å². The average molecular weight is 195 g/mol. The summed E-state index contributed by atoms with van der Waals surface area (Å²) in [7, 11) is 3.18. The summed E-state index contributed by atoms with van der Waals surface area (Å²) in [6.07, 6.45) is -1.58. The molecule has 0 bridgehead atoms. The van der Waals surface area contributed by atoms with Crippen molar-refractivity contribution >= 4 is 0 Å². The Balaban J connectivity index is 4.14. The zero-order valence-corrected chi connectivity index (χ0v) is 7.56. The maximum atomic E-state index is 11.7. The highest BCUT2D eigenvalue weighted by molar-refractivity contribution is 5.02. The smallest absolute Gasteiger partial charge is 0.422 e. The topological polar surface area (TPSA) is 12.5 Å². The highest BCUT2D eigenvalue weighted by Crippen LogP contribution is 2.16. The van der Waals surface area contributed by atoms with E-state index < -0.39 is 12.8 Å². The Morgan fingerprint density at radius 3 is 2.31 bits per heavy atom. The summed E-state index contributed by atoms with van der Waals surface area (Å²) >= 11 is 0. The second kappa shape index (κ2) is 4.79. The van der Waals surface area contributed by atoms with Crippen molar-refractivity contribution < 1.29 is 17.9 Å². The maximum Gasteiger partial charge on any atom is 0.422 e. The maximum absolute atomic E-state index is 11.7. The molecule has 0 aliphatic heterocycles. The van der Waals surface area contributed by atoms with E-state index in [9.17, 15) is 13.2 Å². The van der Waals surface area contributed by atoms with Gasteiger partial charge in [0.05, 0.1) is 0 Å². The first-order chi connectivity index (χ1) is 5.87. The van der Waals surface area contributed by atoms with Gasteiger partial charge >= 0.3 is 6.18 Å². The van der Waals surface area contributed by atoms with E-state index in [2.05, 4.69) is 11.3 Å². The first-order valence-corrected chi connectivity index (χ1v) is 3.56. The molecule has 0 saturated carbocycles. The van der Waals surface area contributed by atoms with E-state index in [0.29, 0.717) is 0 Å². The van der Waals surface area contributed by atoms with Crippen molar-refractivity contribution in [1.82, 2.24) is 4.90 Å². The molecular formula is C8H12F3NO. The summed E-state index contributed by atoms with van der Waals surface area (Å²) in [4.78, 5) is 1.44. The first kappa shape index (κ1) is 11.9. The molecule has 0 radical (unpaired) electrons. The second-order valence-electron chi connectivity index (χ2n) is 2.54. The molecule has 0 aromatic carbocycles. The van der Waals surface area contributed by atoms with Gasteiger partial charge in [0, 0.05) is 14.1 Å². The van der Waals surface area contributed by atoms with Crippen LogP contribution in [-0.2, 0) is 4.74 Å². The molecule has 0 rings (SSSR count). The van der Waals surface area contributed by atoms with E-state index in [-0.39, 0.29) is 5.88 Å². The molecule has 0 atom stereocenters. The molecule has 0 aromatic heterocycles. The van der Waals surface area contributed by atoms with Gasteiger partial charge in [0.15, 0.2) is 12.5 Å². The van der Waals surface area contributed by atoms with Gasteiger partial charge in [0.2, 0.25) is 0 Å². The molecule has 13 heavy (non-hydrogen) atoms. The summed E-state index contributed by atoms with van der Waals surface area (Å²) in [6.45, 7) is 2.08. The van der Waals surface area contributed by atoms with Crippen molar-refractivity contribution in [2.45, 2.75) is 6.18 Å². The standard InChI is InChI=1S/C8H12F3NO/c1-4-5-7(12(2)3)13-6-8(9,10)11/h4-5H,1,6H2,2-3H3/b7-5+. The van der Waals surface area contributed by atoms with Crippen LogP contribution in [0.15, 0.2) is 24.6 Å². The van der Waals surface area contributed by atoms with Gasteiger partial charge in [-0.2, -0.15) is 13.2 Å². The van der Waals surface area contributed by atoms with Crippen LogP contribution in [0.3, 0.4) is 0 Å². The first-order valence-electron chi connectivity index (χ1n) is 3.56. The summed E-state index contributed by atoms with van der Waals surface area (Å²) in [5.74, 6) is 0.132. The molecule has 0 saturated heterocycles. The van der Waals surface area contributed by atoms with Crippen molar-refractivity contribution in [3.05, 3.63) is 24.6 Å². The van der Waals surface area contributed by atoms with E-state index in [4.69, 9.17) is 0 Å². The molecule has 0 aromatic rings. The van der Waals surface area contributed by atoms with Gasteiger partial charge in [-0.05, 0) is 6.08 Å². The van der Waals surface area contributed by atoms with Gasteiger partial charge in [-0.3, -0.25) is 0 Å². The lowest BCUT2D eigenvalue weighted by atomic mass is 10.5. The van der Waals surface area contributed by atoms with Crippen molar-refractivity contribution in [2.75, 3.05) is 20.7 Å². The van der Waals surface area contributed by atoms with Crippen LogP contribution in [0.4, 0.5) is 13.2 Å². The fourth-order valence-electron chi connectivity index (χ4n) is 0.583. The van der Waals surface area contributed by atoms with Gasteiger partial charge in [0.25, 0.3) is 0 Å². The van der Waals surface area contributed by atoms with Crippen LogP contribution < -0.4 is 0 Å². The van der Waals surface area contributed by atoms with Gasteiger partial charge < -0.3 is 9.64 Å². The molecule has 0 amide bonds. The van der Waals surface area contributed by atoms with Gasteiger partial charge in [-0.25, -0.2) is 0 Å². The lowest BCUT2D eigenvalue weighted by Gasteiger charge is -2.18. The monoisotopic (exact) mass is 195 g/mol. The predicted octanol–water partition coefficient (Wildman–Crippen LogP) is 2.15. The number of ether oxygens (including phenoxy) is 1. The molecule has 0 heterocycles. The largest absolute Gasteiger partial charge is 0.469 e. The number of allylic oxidation sites excluding steroid dienone is 2. The normalized spacial score (nSPS) is 12.5. The number of halogens is 3. The fourth-order valence-corrected chi connectivity index (χ4v) is 0.583. The molecular weight excluding hydrogens is 183 g/mol. The Morgan fingerprint density at radius 2 is 2.00 bits per heavy atom. The summed E-state index contributed by atoms with van der Waals surface area (Å²) in [5.41, 5.74) is 0. The van der Waals surface area contributed by atoms with Crippen molar-refractivity contribution in [2.24, 2.45) is 0 Å². The number of rotatable bonds is 4. The average Bonchev–Trinajstić information content (AvgIpc) is 1.95. The molecule has 0 fully saturated rings. The van der Waals surface area contributed by atoms with Crippen LogP contribution in [0, 0.1) is 0 Å². The van der Waals surface area contributed by atoms with Crippen LogP contribution in [0.2, 0.25) is 0 Å². The van der Waals surface area contributed by atoms with Crippen molar-refractivity contribution in [3.63, 3.8) is 0 Å². The van der Waals surface area contributed by atoms with Gasteiger partial charge in [0.1, 0.15) is 0 Å². The predicted molar refractivity (Wildman–Crippen MR) is 44.0 cm³/mol. The Morgan fingerprint density at radius 1 is 1.46 bits per heavy atom. The third-order valence-corrected chi connectivity index (χ3v) is 1.08. The zero-order chi connectivity index (χ0) is 10.5. The van der Waals surface area contributed by atoms with Crippen LogP contribution >= 0.6 is 0 Å². The van der Waals surface area contributed by atoms with E-state index in [1.165, 1.54) is 17.1 Å². The molecule has 0 N–H and O–H groups in total. The quantitative estimate of drug-likeness (QED) is 0.503. The SMILES string of the molecule is C=C/C=C(/OCC(F)(F)F)N(C)C.